The largest absolute Gasteiger partial charge is 0.339 e. The second-order valence-electron chi connectivity index (χ2n) is 7.01. The number of aromatic nitrogens is 2. The second kappa shape index (κ2) is 8.97. The fourth-order valence-corrected chi connectivity index (χ4v) is 5.82. The van der Waals surface area contributed by atoms with Crippen LogP contribution in [0.1, 0.15) is 5.56 Å². The maximum Gasteiger partial charge on any atom is 0.233 e. The average Bonchev–Trinajstić information content (AvgIpc) is 3.14. The predicted octanol–water partition coefficient (Wildman–Crippen LogP) is 2.98. The maximum atomic E-state index is 12.6. The molecule has 7 nitrogen and oxygen atoms in total. The number of nitrogens with one attached hydrogen (secondary N) is 1. The number of carbonyl (C=O) groups excluding carboxylic acids is 1. The molecule has 0 saturated carbocycles. The van der Waals surface area contributed by atoms with Gasteiger partial charge in [0.15, 0.2) is 5.16 Å². The van der Waals surface area contributed by atoms with Crippen LogP contribution in [-0.2, 0) is 20.6 Å². The molecule has 30 heavy (non-hydrogen) atoms. The Morgan fingerprint density at radius 1 is 1.10 bits per heavy atom. The van der Waals surface area contributed by atoms with Gasteiger partial charge in [0, 0.05) is 31.2 Å². The minimum Gasteiger partial charge on any atom is -0.339 e. The van der Waals surface area contributed by atoms with E-state index in [9.17, 15) is 13.2 Å². The summed E-state index contributed by atoms with van der Waals surface area (Å²) < 4.78 is 26.8. The van der Waals surface area contributed by atoms with Crippen LogP contribution in [0, 0.1) is 0 Å². The highest BCUT2D eigenvalue weighted by Crippen LogP contribution is 2.23. The van der Waals surface area contributed by atoms with Crippen LogP contribution in [0.5, 0.6) is 0 Å². The molecule has 2 heterocycles. The van der Waals surface area contributed by atoms with Gasteiger partial charge in [0.25, 0.3) is 0 Å². The van der Waals surface area contributed by atoms with E-state index in [1.807, 2.05) is 24.3 Å². The molecule has 0 bridgehead atoms. The quantitative estimate of drug-likeness (QED) is 0.567. The SMILES string of the molecule is O=C(CSc1nc2ccc(Cl)cc2[nH]1)N1CCN(S(=O)(=O)Cc2ccccc2)CC1. The summed E-state index contributed by atoms with van der Waals surface area (Å²) in [5, 5.41) is 1.28. The van der Waals surface area contributed by atoms with Crippen LogP contribution in [0.15, 0.2) is 53.7 Å². The molecule has 0 atom stereocenters. The van der Waals surface area contributed by atoms with Gasteiger partial charge in [0.1, 0.15) is 0 Å². The first-order valence-electron chi connectivity index (χ1n) is 9.48. The van der Waals surface area contributed by atoms with Crippen LogP contribution in [0.25, 0.3) is 11.0 Å². The number of fused-ring (bicyclic) bond motifs is 1. The lowest BCUT2D eigenvalue weighted by Gasteiger charge is -2.34. The first-order chi connectivity index (χ1) is 14.4. The number of aromatic amines is 1. The molecular weight excluding hydrogens is 444 g/mol. The summed E-state index contributed by atoms with van der Waals surface area (Å²) >= 11 is 7.31. The molecule has 0 radical (unpaired) electrons. The summed E-state index contributed by atoms with van der Waals surface area (Å²) in [4.78, 5) is 21.9. The molecule has 0 spiro atoms. The Balaban J connectivity index is 1.29. The van der Waals surface area contributed by atoms with Crippen molar-refractivity contribution in [2.45, 2.75) is 10.9 Å². The number of nitrogens with zero attached hydrogens (tertiary/aromatic N) is 3. The molecule has 1 N–H and O–H groups in total. The molecule has 1 aliphatic heterocycles. The Labute approximate surface area is 184 Å². The lowest BCUT2D eigenvalue weighted by Crippen LogP contribution is -2.51. The topological polar surface area (TPSA) is 86.4 Å². The Kier molecular flexibility index (Phi) is 6.33. The van der Waals surface area contributed by atoms with Gasteiger partial charge in [0.2, 0.25) is 15.9 Å². The van der Waals surface area contributed by atoms with Gasteiger partial charge in [-0.3, -0.25) is 4.79 Å². The highest BCUT2D eigenvalue weighted by Gasteiger charge is 2.29. The summed E-state index contributed by atoms with van der Waals surface area (Å²) in [5.74, 6) is 0.191. The van der Waals surface area contributed by atoms with Gasteiger partial charge in [-0.2, -0.15) is 4.31 Å². The monoisotopic (exact) mass is 464 g/mol. The van der Waals surface area contributed by atoms with E-state index in [1.165, 1.54) is 16.1 Å². The van der Waals surface area contributed by atoms with Gasteiger partial charge in [0.05, 0.1) is 22.5 Å². The first-order valence-corrected chi connectivity index (χ1v) is 12.5. The normalized spacial score (nSPS) is 15.6. The van der Waals surface area contributed by atoms with Crippen LogP contribution in [0.2, 0.25) is 5.02 Å². The van der Waals surface area contributed by atoms with E-state index < -0.39 is 10.0 Å². The summed E-state index contributed by atoms with van der Waals surface area (Å²) in [5.41, 5.74) is 2.39. The van der Waals surface area contributed by atoms with E-state index in [0.29, 0.717) is 36.4 Å². The number of rotatable bonds is 6. The van der Waals surface area contributed by atoms with Crippen LogP contribution < -0.4 is 0 Å². The van der Waals surface area contributed by atoms with Crippen molar-refractivity contribution in [2.24, 2.45) is 0 Å². The number of thioether (sulfide) groups is 1. The minimum atomic E-state index is -3.39. The summed E-state index contributed by atoms with van der Waals surface area (Å²) in [6.07, 6.45) is 0. The summed E-state index contributed by atoms with van der Waals surface area (Å²) in [7, 11) is -3.39. The molecule has 158 valence electrons. The minimum absolute atomic E-state index is 0.0201. The Morgan fingerprint density at radius 3 is 2.57 bits per heavy atom. The van der Waals surface area contributed by atoms with Crippen LogP contribution in [-0.4, -0.2) is 65.4 Å². The third kappa shape index (κ3) is 4.97. The molecule has 3 aromatic rings. The highest BCUT2D eigenvalue weighted by atomic mass is 35.5. The molecule has 1 amide bonds. The Hall–Kier alpha value is -2.07. The molecule has 2 aromatic carbocycles. The van der Waals surface area contributed by atoms with Crippen molar-refractivity contribution in [1.82, 2.24) is 19.2 Å². The van der Waals surface area contributed by atoms with Gasteiger partial charge >= 0.3 is 0 Å². The van der Waals surface area contributed by atoms with Crippen LogP contribution in [0.3, 0.4) is 0 Å². The van der Waals surface area contributed by atoms with E-state index in [1.54, 1.807) is 29.2 Å². The summed E-state index contributed by atoms with van der Waals surface area (Å²) in [6.45, 7) is 1.41. The molecule has 1 aromatic heterocycles. The number of sulfonamides is 1. The van der Waals surface area contributed by atoms with Crippen molar-refractivity contribution in [2.75, 3.05) is 31.9 Å². The second-order valence-corrected chi connectivity index (χ2v) is 10.4. The zero-order valence-electron chi connectivity index (χ0n) is 16.1. The number of piperazine rings is 1. The fraction of sp³-hybridized carbons (Fsp3) is 0.300. The molecular formula is C20H21ClN4O3S2. The zero-order valence-corrected chi connectivity index (χ0v) is 18.5. The van der Waals surface area contributed by atoms with E-state index in [0.717, 1.165) is 16.6 Å². The van der Waals surface area contributed by atoms with Crippen molar-refractivity contribution in [3.63, 3.8) is 0 Å². The number of H-pyrrole nitrogens is 1. The molecule has 0 aliphatic carbocycles. The van der Waals surface area contributed by atoms with Gasteiger partial charge in [-0.25, -0.2) is 13.4 Å². The predicted molar refractivity (Wildman–Crippen MR) is 119 cm³/mol. The smallest absolute Gasteiger partial charge is 0.233 e. The maximum absolute atomic E-state index is 12.6. The van der Waals surface area contributed by atoms with Gasteiger partial charge in [-0.05, 0) is 23.8 Å². The van der Waals surface area contributed by atoms with Gasteiger partial charge < -0.3 is 9.88 Å². The Morgan fingerprint density at radius 2 is 1.83 bits per heavy atom. The Bertz CT molecular complexity index is 1140. The number of hydrogen-bond donors (Lipinski definition) is 1. The van der Waals surface area contributed by atoms with E-state index in [4.69, 9.17) is 11.6 Å². The van der Waals surface area contributed by atoms with Crippen molar-refractivity contribution in [3.05, 3.63) is 59.1 Å². The third-order valence-corrected chi connectivity index (χ3v) is 7.87. The van der Waals surface area contributed by atoms with Crippen LogP contribution >= 0.6 is 23.4 Å². The van der Waals surface area contributed by atoms with Crippen LogP contribution in [0.4, 0.5) is 0 Å². The standard InChI is InChI=1S/C20H21ClN4O3S2/c21-16-6-7-17-18(12-16)23-20(22-17)29-13-19(26)24-8-10-25(11-9-24)30(27,28)14-15-4-2-1-3-5-15/h1-7,12H,8-11,13-14H2,(H,22,23). The zero-order chi connectivity index (χ0) is 21.1. The third-order valence-electron chi connectivity index (χ3n) is 4.93. The van der Waals surface area contributed by atoms with E-state index >= 15 is 0 Å². The van der Waals surface area contributed by atoms with Crippen molar-refractivity contribution in [3.8, 4) is 0 Å². The van der Waals surface area contributed by atoms with E-state index in [2.05, 4.69) is 9.97 Å². The van der Waals surface area contributed by atoms with Crippen molar-refractivity contribution in [1.29, 1.82) is 0 Å². The molecule has 1 saturated heterocycles. The van der Waals surface area contributed by atoms with Gasteiger partial charge in [-0.15, -0.1) is 0 Å². The number of benzene rings is 2. The van der Waals surface area contributed by atoms with Gasteiger partial charge in [-0.1, -0.05) is 53.7 Å². The van der Waals surface area contributed by atoms with E-state index in [-0.39, 0.29) is 17.4 Å². The fourth-order valence-electron chi connectivity index (χ4n) is 3.34. The molecule has 1 fully saturated rings. The molecule has 0 unspecified atom stereocenters. The number of imidazole rings is 1. The first kappa shape index (κ1) is 21.2. The molecule has 10 heteroatoms. The van der Waals surface area contributed by atoms with Crippen molar-refractivity contribution < 1.29 is 13.2 Å². The number of carbonyl (C=O) groups is 1. The number of halogens is 1. The average molecular weight is 465 g/mol. The summed E-state index contributed by atoms with van der Waals surface area (Å²) in [6, 6.07) is 14.5. The number of amides is 1. The molecule has 1 aliphatic rings. The highest BCUT2D eigenvalue weighted by molar-refractivity contribution is 7.99. The molecule has 4 rings (SSSR count). The number of hydrogen-bond acceptors (Lipinski definition) is 5. The lowest BCUT2D eigenvalue weighted by molar-refractivity contribution is -0.129. The van der Waals surface area contributed by atoms with Crippen molar-refractivity contribution >= 4 is 50.3 Å². The lowest BCUT2D eigenvalue weighted by atomic mass is 10.2.